The smallest absolute Gasteiger partial charge is 0.898 e. The van der Waals surface area contributed by atoms with Crippen LogP contribution in [0.5, 0.6) is 0 Å². The SMILES string of the molecule is O=C1[C-]=CC2=C(C3CCCCC3C(=O)[O-])C3C[CH-]C([O-])[CH-]C3OC2=[C-]1.[Na+].[Na+].[Y].[Y].[Y].[Y]. The maximum absolute atomic E-state index is 11.9. The van der Waals surface area contributed by atoms with Crippen LogP contribution in [0.1, 0.15) is 32.1 Å². The second-order valence-corrected chi connectivity index (χ2v) is 7.07. The first kappa shape index (κ1) is 40.0. The molecule has 1 aliphatic heterocycles. The van der Waals surface area contributed by atoms with Gasteiger partial charge >= 0.3 is 59.1 Å². The average molecular weight is 740 g/mol. The van der Waals surface area contributed by atoms with Gasteiger partial charge in [-0.15, -0.1) is 5.76 Å². The summed E-state index contributed by atoms with van der Waals surface area (Å²) in [6, 6.07) is 0. The molecule has 4 aliphatic rings. The number of carbonyl (C=O) groups is 2. The third-order valence-corrected chi connectivity index (χ3v) is 5.65. The van der Waals surface area contributed by atoms with Crippen molar-refractivity contribution >= 4 is 11.8 Å². The number of carboxylic acid groups (broad SMARTS) is 1. The molecule has 5 nitrogen and oxygen atoms in total. The molecule has 5 unspecified atom stereocenters. The number of ether oxygens (including phenoxy) is 1. The van der Waals surface area contributed by atoms with Gasteiger partial charge < -0.3 is 49.6 Å². The Morgan fingerprint density at radius 2 is 1.74 bits per heavy atom. The zero-order chi connectivity index (χ0) is 17.6. The van der Waals surface area contributed by atoms with Crippen molar-refractivity contribution in [2.45, 2.75) is 44.3 Å². The number of carboxylic acids is 1. The molecule has 31 heavy (non-hydrogen) atoms. The molecule has 2 saturated carbocycles. The summed E-state index contributed by atoms with van der Waals surface area (Å²) in [6.45, 7) is 0. The third kappa shape index (κ3) is 9.65. The Kier molecular flexibility index (Phi) is 24.2. The van der Waals surface area contributed by atoms with Crippen LogP contribution in [0, 0.1) is 42.7 Å². The monoisotopic (exact) mass is 740 g/mol. The van der Waals surface area contributed by atoms with E-state index in [1.807, 2.05) is 0 Å². The third-order valence-electron chi connectivity index (χ3n) is 5.65. The first-order chi connectivity index (χ1) is 12.0. The van der Waals surface area contributed by atoms with Gasteiger partial charge in [0.25, 0.3) is 0 Å². The maximum atomic E-state index is 11.9. The molecular weight excluding hydrogens is 722 g/mol. The Morgan fingerprint density at radius 3 is 2.39 bits per heavy atom. The molecule has 0 aromatic heterocycles. The van der Waals surface area contributed by atoms with Gasteiger partial charge in [0.2, 0.25) is 0 Å². The van der Waals surface area contributed by atoms with Gasteiger partial charge in [0.15, 0.2) is 0 Å². The van der Waals surface area contributed by atoms with Crippen LogP contribution in [0.3, 0.4) is 0 Å². The Labute approximate surface area is 329 Å². The summed E-state index contributed by atoms with van der Waals surface area (Å²) in [4.78, 5) is 23.3. The van der Waals surface area contributed by atoms with Crippen molar-refractivity contribution < 1.29 is 214 Å². The van der Waals surface area contributed by atoms with Gasteiger partial charge in [0.1, 0.15) is 0 Å². The summed E-state index contributed by atoms with van der Waals surface area (Å²) in [5, 5.41) is 23.6. The van der Waals surface area contributed by atoms with Crippen LogP contribution in [-0.2, 0) is 145 Å². The van der Waals surface area contributed by atoms with E-state index in [-0.39, 0.29) is 202 Å². The molecule has 3 aliphatic carbocycles. The summed E-state index contributed by atoms with van der Waals surface area (Å²) in [7, 11) is 0. The van der Waals surface area contributed by atoms with Gasteiger partial charge in [-0.25, -0.2) is 5.57 Å². The van der Waals surface area contributed by atoms with E-state index in [4.69, 9.17) is 4.74 Å². The van der Waals surface area contributed by atoms with Gasteiger partial charge in [0.05, 0.1) is 0 Å². The summed E-state index contributed by atoms with van der Waals surface area (Å²) in [6.07, 6.45) is 12.5. The Balaban J connectivity index is -0.00000131. The first-order valence-corrected chi connectivity index (χ1v) is 8.78. The Bertz CT molecular complexity index is 714. The number of hydrogen-bond acceptors (Lipinski definition) is 5. The van der Waals surface area contributed by atoms with Gasteiger partial charge in [-0.05, 0) is 24.9 Å². The number of rotatable bonds is 2. The number of Topliss-reactive ketones (excluding diaryl/α,β-unsaturated/α-hetero) is 1. The van der Waals surface area contributed by atoms with Crippen molar-refractivity contribution in [2.24, 2.45) is 17.8 Å². The fourth-order valence-electron chi connectivity index (χ4n) is 4.55. The number of allylic oxidation sites excluding steroid dienone is 3. The maximum Gasteiger partial charge on any atom is 1.00 e. The Hall–Kier alpha value is 4.54. The minimum Gasteiger partial charge on any atom is -0.898 e. The molecule has 0 aromatic rings. The normalized spacial score (nSPS) is 30.4. The van der Waals surface area contributed by atoms with Gasteiger partial charge in [-0.3, -0.25) is 12.2 Å². The zero-order valence-corrected chi connectivity index (χ0v) is 33.4. The molecule has 1 heterocycles. The predicted molar refractivity (Wildman–Crippen MR) is 82.4 cm³/mol. The Morgan fingerprint density at radius 1 is 1.10 bits per heavy atom. The van der Waals surface area contributed by atoms with Gasteiger partial charge in [-0.2, -0.15) is 12.0 Å². The molecule has 0 bridgehead atoms. The molecule has 4 radical (unpaired) electrons. The minimum atomic E-state index is -1.03. The fourth-order valence-corrected chi connectivity index (χ4v) is 4.55. The summed E-state index contributed by atoms with van der Waals surface area (Å²) >= 11 is 0. The van der Waals surface area contributed by atoms with Crippen molar-refractivity contribution in [2.75, 3.05) is 0 Å². The van der Waals surface area contributed by atoms with Crippen molar-refractivity contribution in [3.05, 3.63) is 48.0 Å². The van der Waals surface area contributed by atoms with Crippen LogP contribution >= 0.6 is 0 Å². The molecule has 11 heteroatoms. The van der Waals surface area contributed by atoms with E-state index in [2.05, 4.69) is 12.2 Å². The number of ketones is 1. The van der Waals surface area contributed by atoms with E-state index >= 15 is 0 Å². The molecule has 4 rings (SSSR count). The molecule has 5 atom stereocenters. The number of fused-ring (bicyclic) bond motifs is 2. The molecule has 0 saturated heterocycles. The van der Waals surface area contributed by atoms with E-state index in [9.17, 15) is 19.8 Å². The largest absolute Gasteiger partial charge is 1.00 e. The number of hydrogen-bond donors (Lipinski definition) is 0. The summed E-state index contributed by atoms with van der Waals surface area (Å²) in [5.74, 6) is -1.92. The second-order valence-electron chi connectivity index (χ2n) is 7.07. The van der Waals surface area contributed by atoms with Crippen molar-refractivity contribution in [1.82, 2.24) is 0 Å². The second kappa shape index (κ2) is 18.7. The van der Waals surface area contributed by atoms with Crippen LogP contribution in [-0.4, -0.2) is 24.0 Å². The number of aliphatic carboxylic acids is 1. The van der Waals surface area contributed by atoms with Crippen LogP contribution in [0.25, 0.3) is 0 Å². The molecule has 0 N–H and O–H groups in total. The van der Waals surface area contributed by atoms with Crippen LogP contribution < -0.4 is 69.3 Å². The number of carbonyl (C=O) groups excluding carboxylic acids is 2. The molecule has 0 spiro atoms. The fraction of sp³-hybridized carbons (Fsp3) is 0.500. The van der Waals surface area contributed by atoms with Gasteiger partial charge in [-0.1, -0.05) is 24.5 Å². The van der Waals surface area contributed by atoms with E-state index in [0.717, 1.165) is 24.8 Å². The molecular formula is C20H18Na2O5Y4-4. The first-order valence-electron chi connectivity index (χ1n) is 8.78. The van der Waals surface area contributed by atoms with E-state index in [0.29, 0.717) is 24.2 Å². The van der Waals surface area contributed by atoms with Gasteiger partial charge in [0, 0.05) is 143 Å². The average Bonchev–Trinajstić information content (AvgIpc) is 2.59. The topological polar surface area (TPSA) is 89.5 Å². The van der Waals surface area contributed by atoms with Crippen LogP contribution in [0.4, 0.5) is 0 Å². The van der Waals surface area contributed by atoms with E-state index in [1.54, 1.807) is 18.9 Å². The quantitative estimate of drug-likeness (QED) is 0.208. The summed E-state index contributed by atoms with van der Waals surface area (Å²) < 4.78 is 5.87. The standard InChI is InChI=1S/C20H19O5.2Na.4Y/c21-11-5-7-15-17(9-11)25-18-10-12(22)6-8-16(18)19(15)13-3-1-2-4-14(13)20(23)24;;;;;;/h5,8-9,11,13-15,17H,1-4,7H2,(H,23,24);;;;;;/q-5;2*+1;;;;/p-1. The van der Waals surface area contributed by atoms with E-state index < -0.39 is 29.9 Å². The minimum absolute atomic E-state index is 0. The molecule has 146 valence electrons. The molecule has 0 amide bonds. The molecule has 0 aromatic carbocycles. The van der Waals surface area contributed by atoms with Crippen LogP contribution in [0.2, 0.25) is 0 Å². The van der Waals surface area contributed by atoms with Crippen LogP contribution in [0.15, 0.2) is 23.0 Å². The predicted octanol–water partition coefficient (Wildman–Crippen LogP) is -5.98. The zero-order valence-electron chi connectivity index (χ0n) is 18.0. The van der Waals surface area contributed by atoms with Crippen molar-refractivity contribution in [3.8, 4) is 0 Å². The van der Waals surface area contributed by atoms with Crippen molar-refractivity contribution in [3.63, 3.8) is 0 Å². The van der Waals surface area contributed by atoms with Crippen molar-refractivity contribution in [1.29, 1.82) is 0 Å². The van der Waals surface area contributed by atoms with E-state index in [1.165, 1.54) is 0 Å². The summed E-state index contributed by atoms with van der Waals surface area (Å²) in [5.41, 5.74) is 1.68. The molecule has 2 fully saturated rings.